The summed E-state index contributed by atoms with van der Waals surface area (Å²) < 4.78 is 13.2. The van der Waals surface area contributed by atoms with E-state index < -0.39 is 0 Å². The van der Waals surface area contributed by atoms with Gasteiger partial charge in [-0.05, 0) is 44.4 Å². The molecule has 0 spiro atoms. The molecule has 1 aliphatic heterocycles. The van der Waals surface area contributed by atoms with Gasteiger partial charge in [0.1, 0.15) is 5.82 Å². The number of nitrogens with zero attached hydrogens (tertiary/aromatic N) is 1. The van der Waals surface area contributed by atoms with E-state index in [-0.39, 0.29) is 17.8 Å². The van der Waals surface area contributed by atoms with Crippen LogP contribution in [-0.2, 0) is 4.79 Å². The van der Waals surface area contributed by atoms with E-state index in [2.05, 4.69) is 17.1 Å². The highest BCUT2D eigenvalue weighted by Gasteiger charge is 2.24. The third kappa shape index (κ3) is 3.77. The van der Waals surface area contributed by atoms with Gasteiger partial charge in [-0.25, -0.2) is 4.39 Å². The molecule has 5 heteroatoms. The molecule has 110 valence electrons. The Morgan fingerprint density at radius 1 is 1.55 bits per heavy atom. The molecule has 0 saturated carbocycles. The SMILES string of the molecule is Cc1ccc(F)cc1NC(=O)CN1CCC(N)CC1C. The molecule has 0 aliphatic carbocycles. The van der Waals surface area contributed by atoms with Crippen LogP contribution in [0.4, 0.5) is 10.1 Å². The second kappa shape index (κ2) is 6.33. The summed E-state index contributed by atoms with van der Waals surface area (Å²) >= 11 is 0. The molecule has 1 fully saturated rings. The number of nitrogens with one attached hydrogen (secondary N) is 1. The molecule has 1 aromatic rings. The lowest BCUT2D eigenvalue weighted by molar-refractivity contribution is -0.118. The van der Waals surface area contributed by atoms with Crippen molar-refractivity contribution in [3.63, 3.8) is 0 Å². The number of benzene rings is 1. The Hall–Kier alpha value is -1.46. The molecular formula is C15H22FN3O. The van der Waals surface area contributed by atoms with Crippen LogP contribution in [0.3, 0.4) is 0 Å². The van der Waals surface area contributed by atoms with Gasteiger partial charge in [0.2, 0.25) is 5.91 Å². The Labute approximate surface area is 119 Å². The fraction of sp³-hybridized carbons (Fsp3) is 0.533. The van der Waals surface area contributed by atoms with Crippen LogP contribution in [0.2, 0.25) is 0 Å². The molecular weight excluding hydrogens is 257 g/mol. The van der Waals surface area contributed by atoms with E-state index >= 15 is 0 Å². The zero-order valence-corrected chi connectivity index (χ0v) is 12.0. The van der Waals surface area contributed by atoms with Gasteiger partial charge in [-0.3, -0.25) is 9.69 Å². The molecule has 1 aromatic carbocycles. The van der Waals surface area contributed by atoms with Crippen molar-refractivity contribution in [2.45, 2.75) is 38.8 Å². The standard InChI is InChI=1S/C15H22FN3O/c1-10-3-4-12(16)8-14(10)18-15(20)9-19-6-5-13(17)7-11(19)2/h3-4,8,11,13H,5-7,9,17H2,1-2H3,(H,18,20). The Morgan fingerprint density at radius 3 is 3.00 bits per heavy atom. The molecule has 2 rings (SSSR count). The predicted molar refractivity (Wildman–Crippen MR) is 78.0 cm³/mol. The van der Waals surface area contributed by atoms with Crippen LogP contribution in [0, 0.1) is 12.7 Å². The summed E-state index contributed by atoms with van der Waals surface area (Å²) in [6.07, 6.45) is 1.82. The smallest absolute Gasteiger partial charge is 0.238 e. The average molecular weight is 279 g/mol. The number of rotatable bonds is 3. The van der Waals surface area contributed by atoms with Gasteiger partial charge in [-0.1, -0.05) is 6.07 Å². The number of piperidine rings is 1. The van der Waals surface area contributed by atoms with Gasteiger partial charge in [0.25, 0.3) is 0 Å². The van der Waals surface area contributed by atoms with Crippen LogP contribution >= 0.6 is 0 Å². The zero-order valence-electron chi connectivity index (χ0n) is 12.0. The van der Waals surface area contributed by atoms with Crippen LogP contribution in [0.25, 0.3) is 0 Å². The first-order valence-corrected chi connectivity index (χ1v) is 7.01. The summed E-state index contributed by atoms with van der Waals surface area (Å²) in [5.74, 6) is -0.454. The summed E-state index contributed by atoms with van der Waals surface area (Å²) in [6, 6.07) is 4.93. The Balaban J connectivity index is 1.94. The van der Waals surface area contributed by atoms with E-state index in [1.165, 1.54) is 12.1 Å². The van der Waals surface area contributed by atoms with Gasteiger partial charge >= 0.3 is 0 Å². The maximum Gasteiger partial charge on any atom is 0.238 e. The van der Waals surface area contributed by atoms with Gasteiger partial charge in [0, 0.05) is 24.3 Å². The van der Waals surface area contributed by atoms with Crippen molar-refractivity contribution < 1.29 is 9.18 Å². The van der Waals surface area contributed by atoms with Crippen molar-refractivity contribution in [1.29, 1.82) is 0 Å². The third-order valence-corrected chi connectivity index (χ3v) is 3.87. The molecule has 20 heavy (non-hydrogen) atoms. The molecule has 0 radical (unpaired) electrons. The summed E-state index contributed by atoms with van der Waals surface area (Å²) in [7, 11) is 0. The lowest BCUT2D eigenvalue weighted by Crippen LogP contribution is -2.48. The number of carbonyl (C=O) groups excluding carboxylic acids is 1. The quantitative estimate of drug-likeness (QED) is 0.888. The Kier molecular flexibility index (Phi) is 4.73. The monoisotopic (exact) mass is 279 g/mol. The third-order valence-electron chi connectivity index (χ3n) is 3.87. The molecule has 1 saturated heterocycles. The van der Waals surface area contributed by atoms with Crippen molar-refractivity contribution in [2.75, 3.05) is 18.4 Å². The largest absolute Gasteiger partial charge is 0.328 e. The number of nitrogens with two attached hydrogens (primary N) is 1. The molecule has 0 aromatic heterocycles. The number of amides is 1. The molecule has 1 aliphatic rings. The van der Waals surface area contributed by atoms with Crippen molar-refractivity contribution >= 4 is 11.6 Å². The summed E-state index contributed by atoms with van der Waals surface area (Å²) in [4.78, 5) is 14.2. The average Bonchev–Trinajstić information content (AvgIpc) is 2.37. The second-order valence-electron chi connectivity index (χ2n) is 5.61. The van der Waals surface area contributed by atoms with E-state index in [9.17, 15) is 9.18 Å². The van der Waals surface area contributed by atoms with E-state index in [1.54, 1.807) is 6.07 Å². The topological polar surface area (TPSA) is 58.4 Å². The minimum atomic E-state index is -0.344. The van der Waals surface area contributed by atoms with E-state index in [0.29, 0.717) is 18.3 Å². The molecule has 2 atom stereocenters. The highest BCUT2D eigenvalue weighted by atomic mass is 19.1. The van der Waals surface area contributed by atoms with Gasteiger partial charge in [0.05, 0.1) is 6.54 Å². The number of hydrogen-bond acceptors (Lipinski definition) is 3. The van der Waals surface area contributed by atoms with Gasteiger partial charge in [-0.2, -0.15) is 0 Å². The Morgan fingerprint density at radius 2 is 2.30 bits per heavy atom. The number of hydrogen-bond donors (Lipinski definition) is 2. The van der Waals surface area contributed by atoms with Gasteiger partial charge in [-0.15, -0.1) is 0 Å². The molecule has 4 nitrogen and oxygen atoms in total. The minimum absolute atomic E-state index is 0.110. The minimum Gasteiger partial charge on any atom is -0.328 e. The van der Waals surface area contributed by atoms with Crippen molar-refractivity contribution in [1.82, 2.24) is 4.90 Å². The molecule has 2 unspecified atom stereocenters. The van der Waals surface area contributed by atoms with Crippen molar-refractivity contribution in [3.8, 4) is 0 Å². The van der Waals surface area contributed by atoms with Crippen LogP contribution in [0.1, 0.15) is 25.3 Å². The maximum absolute atomic E-state index is 13.2. The van der Waals surface area contributed by atoms with Crippen molar-refractivity contribution in [2.24, 2.45) is 5.73 Å². The molecule has 3 N–H and O–H groups in total. The summed E-state index contributed by atoms with van der Waals surface area (Å²) in [6.45, 7) is 5.08. The first kappa shape index (κ1) is 14.9. The normalized spacial score (nSPS) is 23.6. The van der Waals surface area contributed by atoms with Crippen LogP contribution in [-0.4, -0.2) is 36.0 Å². The van der Waals surface area contributed by atoms with E-state index in [1.807, 2.05) is 6.92 Å². The number of anilines is 1. The highest BCUT2D eigenvalue weighted by Crippen LogP contribution is 2.18. The van der Waals surface area contributed by atoms with Crippen molar-refractivity contribution in [3.05, 3.63) is 29.6 Å². The number of carbonyl (C=O) groups is 1. The van der Waals surface area contributed by atoms with Gasteiger partial charge in [0.15, 0.2) is 0 Å². The first-order chi connectivity index (χ1) is 9.45. The molecule has 1 heterocycles. The van der Waals surface area contributed by atoms with Gasteiger partial charge < -0.3 is 11.1 Å². The first-order valence-electron chi connectivity index (χ1n) is 7.01. The summed E-state index contributed by atoms with van der Waals surface area (Å²) in [5.41, 5.74) is 7.30. The number of halogens is 1. The maximum atomic E-state index is 13.2. The predicted octanol–water partition coefficient (Wildman–Crippen LogP) is 1.88. The van der Waals surface area contributed by atoms with E-state index in [4.69, 9.17) is 5.73 Å². The fourth-order valence-corrected chi connectivity index (χ4v) is 2.60. The van der Waals surface area contributed by atoms with E-state index in [0.717, 1.165) is 24.9 Å². The Bertz CT molecular complexity index is 492. The lowest BCUT2D eigenvalue weighted by Gasteiger charge is -2.35. The van der Waals surface area contributed by atoms with Crippen LogP contribution < -0.4 is 11.1 Å². The lowest BCUT2D eigenvalue weighted by atomic mass is 9.99. The summed E-state index contributed by atoms with van der Waals surface area (Å²) in [5, 5.41) is 2.78. The zero-order chi connectivity index (χ0) is 14.7. The number of likely N-dealkylation sites (tertiary alicyclic amines) is 1. The molecule has 1 amide bonds. The number of aryl methyl sites for hydroxylation is 1. The second-order valence-corrected chi connectivity index (χ2v) is 5.61. The molecule has 0 bridgehead atoms. The highest BCUT2D eigenvalue weighted by molar-refractivity contribution is 5.93. The van der Waals surface area contributed by atoms with Crippen LogP contribution in [0.15, 0.2) is 18.2 Å². The fourth-order valence-electron chi connectivity index (χ4n) is 2.60. The van der Waals surface area contributed by atoms with Crippen LogP contribution in [0.5, 0.6) is 0 Å².